The minimum Gasteiger partial charge on any atom is -0.489 e. The van der Waals surface area contributed by atoms with Crippen molar-refractivity contribution in [2.75, 3.05) is 58.9 Å². The molecule has 9 N–H and O–H groups in total. The summed E-state index contributed by atoms with van der Waals surface area (Å²) in [7, 11) is 0. The molecule has 78 heavy (non-hydrogen) atoms. The van der Waals surface area contributed by atoms with Crippen molar-refractivity contribution in [3.63, 3.8) is 0 Å². The lowest BCUT2D eigenvalue weighted by atomic mass is 9.97. The number of benzene rings is 4. The number of H-pyrrole nitrogens is 1. The van der Waals surface area contributed by atoms with E-state index < -0.39 is 83.9 Å². The predicted molar refractivity (Wildman–Crippen MR) is 292 cm³/mol. The van der Waals surface area contributed by atoms with Crippen LogP contribution in [-0.4, -0.2) is 162 Å². The number of piperazine rings is 1. The van der Waals surface area contributed by atoms with Crippen molar-refractivity contribution in [1.82, 2.24) is 51.6 Å². The molecule has 7 atom stereocenters. The molecule has 4 aromatic carbocycles. The van der Waals surface area contributed by atoms with Crippen LogP contribution in [0.5, 0.6) is 5.75 Å². The minimum atomic E-state index is -1.27. The molecule has 412 valence electrons. The first-order valence-corrected chi connectivity index (χ1v) is 27.2. The zero-order valence-corrected chi connectivity index (χ0v) is 43.8. The van der Waals surface area contributed by atoms with Gasteiger partial charge >= 0.3 is 6.09 Å². The summed E-state index contributed by atoms with van der Waals surface area (Å²) in [6, 6.07) is 26.8. The number of carbonyl (C=O) groups excluding carboxylic acids is 7. The summed E-state index contributed by atoms with van der Waals surface area (Å²) in [6.45, 7) is 3.20. The highest BCUT2D eigenvalue weighted by Gasteiger charge is 2.47. The number of alkyl carbamates (subject to hydrolysis) is 1. The normalized spacial score (nSPS) is 23.9. The van der Waals surface area contributed by atoms with Crippen LogP contribution in [0.25, 0.3) is 10.9 Å². The summed E-state index contributed by atoms with van der Waals surface area (Å²) in [6.07, 6.45) is 1.86. The Labute approximate surface area is 453 Å². The Morgan fingerprint density at radius 1 is 0.641 bits per heavy atom. The quantitative estimate of drug-likeness (QED) is 0.0750. The molecule has 20 nitrogen and oxygen atoms in total. The highest BCUT2D eigenvalue weighted by atomic mass is 16.6. The summed E-state index contributed by atoms with van der Waals surface area (Å²) in [4.78, 5) is 112. The number of nitrogens with zero attached hydrogens (tertiary/aromatic N) is 3. The standard InChI is InChI=1S/C58H71N11O9/c59-24-25-61-58(76)78-43-33-51-55(73)63-46(23-20-38-11-3-1-4-12-38)52(70)64-47(32-41-34-62-45-16-8-7-15-44(41)45)53(71)66-49(36-67-29-26-60-27-30-67)54(72)65-48(56(74)68-28-10-9-17-50(68)57(75)69(51)35-43)31-39-18-21-42(22-19-39)77-37-40-13-5-2-6-14-40/h1-8,11-16,18-19,21-22,34,43,46-51,60,62H,9-10,17,20,23-33,35-37,59H2,(H,61,76)(H,63,73)(H,64,70)(H,65,72)(H,66,71)/t43-,46+,47-,48+,49+,50+,51+/m1/s1. The van der Waals surface area contributed by atoms with Crippen LogP contribution in [0.15, 0.2) is 115 Å². The second-order valence-electron chi connectivity index (χ2n) is 20.5. The van der Waals surface area contributed by atoms with Gasteiger partial charge in [-0.15, -0.1) is 0 Å². The highest BCUT2D eigenvalue weighted by Crippen LogP contribution is 2.28. The zero-order chi connectivity index (χ0) is 54.4. The zero-order valence-electron chi connectivity index (χ0n) is 43.8. The number of carbonyl (C=O) groups is 7. The van der Waals surface area contributed by atoms with Gasteiger partial charge in [-0.2, -0.15) is 0 Å². The third-order valence-electron chi connectivity index (χ3n) is 15.0. The largest absolute Gasteiger partial charge is 0.489 e. The van der Waals surface area contributed by atoms with E-state index in [1.54, 1.807) is 18.3 Å². The molecule has 0 aliphatic carbocycles. The number of nitrogens with two attached hydrogens (primary N) is 1. The number of hydrogen-bond donors (Lipinski definition) is 8. The van der Waals surface area contributed by atoms with Gasteiger partial charge in [-0.25, -0.2) is 4.79 Å². The van der Waals surface area contributed by atoms with Gasteiger partial charge in [0.15, 0.2) is 0 Å². The van der Waals surface area contributed by atoms with E-state index in [2.05, 4.69) is 41.8 Å². The molecule has 9 rings (SSSR count). The van der Waals surface area contributed by atoms with Crippen molar-refractivity contribution in [3.8, 4) is 5.75 Å². The molecule has 0 bridgehead atoms. The Bertz CT molecular complexity index is 2860. The lowest BCUT2D eigenvalue weighted by molar-refractivity contribution is -0.152. The molecule has 4 fully saturated rings. The fourth-order valence-electron chi connectivity index (χ4n) is 10.9. The van der Waals surface area contributed by atoms with Crippen LogP contribution >= 0.6 is 0 Å². The summed E-state index contributed by atoms with van der Waals surface area (Å²) >= 11 is 0. The van der Waals surface area contributed by atoms with Crippen LogP contribution in [0.2, 0.25) is 0 Å². The van der Waals surface area contributed by atoms with E-state index in [0.29, 0.717) is 63.4 Å². The van der Waals surface area contributed by atoms with E-state index in [9.17, 15) is 14.4 Å². The van der Waals surface area contributed by atoms with Gasteiger partial charge in [-0.05, 0) is 72.6 Å². The number of piperidine rings is 1. The van der Waals surface area contributed by atoms with Crippen molar-refractivity contribution in [2.24, 2.45) is 5.73 Å². The van der Waals surface area contributed by atoms with Crippen LogP contribution in [0, 0.1) is 0 Å². The maximum atomic E-state index is 15.4. The van der Waals surface area contributed by atoms with Crippen LogP contribution in [-0.2, 0) is 59.4 Å². The molecule has 1 aromatic heterocycles. The molecule has 5 aromatic rings. The average Bonchev–Trinajstić information content (AvgIpc) is 4.09. The molecule has 7 amide bonds. The first-order valence-electron chi connectivity index (χ1n) is 27.2. The van der Waals surface area contributed by atoms with Crippen molar-refractivity contribution >= 4 is 52.4 Å². The van der Waals surface area contributed by atoms with Gasteiger partial charge < -0.3 is 61.9 Å². The van der Waals surface area contributed by atoms with Gasteiger partial charge in [0.1, 0.15) is 54.7 Å². The number of fused-ring (bicyclic) bond motifs is 3. The molecular weight excluding hydrogens is 995 g/mol. The molecule has 4 aliphatic heterocycles. The van der Waals surface area contributed by atoms with E-state index in [1.165, 1.54) is 9.80 Å². The number of ether oxygens (including phenoxy) is 2. The number of hydrogen-bond acceptors (Lipinski definition) is 12. The fraction of sp³-hybridized carbons (Fsp3) is 0.431. The SMILES string of the molecule is NCCNC(=O)O[C@@H]1C[C@H]2C(=O)N[C@@H](CCc3ccccc3)C(=O)N[C@H](Cc3c[nH]c4ccccc34)C(=O)N[C@@H](CN3CCNCC3)C(=O)N[C@@H](Cc3ccc(OCc4ccccc4)cc3)C(=O)N3CCCC[C@H]3C(=O)N2C1. The van der Waals surface area contributed by atoms with Crippen molar-refractivity contribution in [3.05, 3.63) is 138 Å². The van der Waals surface area contributed by atoms with Crippen LogP contribution in [0.1, 0.15) is 54.4 Å². The van der Waals surface area contributed by atoms with E-state index >= 15 is 19.2 Å². The maximum Gasteiger partial charge on any atom is 0.407 e. The van der Waals surface area contributed by atoms with E-state index in [-0.39, 0.29) is 64.8 Å². The van der Waals surface area contributed by atoms with Crippen molar-refractivity contribution in [2.45, 2.75) is 100 Å². The number of para-hydroxylation sites is 1. The maximum absolute atomic E-state index is 15.4. The summed E-state index contributed by atoms with van der Waals surface area (Å²) in [5.74, 6) is -3.05. The topological polar surface area (TPSA) is 262 Å². The number of aromatic nitrogens is 1. The van der Waals surface area contributed by atoms with Crippen LogP contribution in [0.4, 0.5) is 4.79 Å². The number of amides is 7. The summed E-state index contributed by atoms with van der Waals surface area (Å²) in [5.41, 5.74) is 9.76. The molecule has 0 unspecified atom stereocenters. The molecule has 20 heteroatoms. The lowest BCUT2D eigenvalue weighted by Gasteiger charge is -2.40. The number of rotatable bonds is 15. The Morgan fingerprint density at radius 2 is 1.31 bits per heavy atom. The third kappa shape index (κ3) is 14.2. The van der Waals surface area contributed by atoms with E-state index in [1.807, 2.05) is 97.1 Å². The van der Waals surface area contributed by atoms with Gasteiger partial charge in [0, 0.05) is 88.7 Å². The lowest BCUT2D eigenvalue weighted by Crippen LogP contribution is -2.64. The number of aryl methyl sites for hydroxylation is 1. The number of aromatic amines is 1. The van der Waals surface area contributed by atoms with Crippen LogP contribution < -0.4 is 42.4 Å². The van der Waals surface area contributed by atoms with Gasteiger partial charge in [0.2, 0.25) is 35.4 Å². The summed E-state index contributed by atoms with van der Waals surface area (Å²) < 4.78 is 11.8. The van der Waals surface area contributed by atoms with Gasteiger partial charge in [0.25, 0.3) is 0 Å². The molecule has 0 radical (unpaired) electrons. The minimum absolute atomic E-state index is 0.00156. The smallest absolute Gasteiger partial charge is 0.407 e. The van der Waals surface area contributed by atoms with Crippen LogP contribution in [0.3, 0.4) is 0 Å². The van der Waals surface area contributed by atoms with Gasteiger partial charge in [-0.1, -0.05) is 91.0 Å². The second-order valence-corrected chi connectivity index (χ2v) is 20.5. The van der Waals surface area contributed by atoms with Crippen molar-refractivity contribution in [1.29, 1.82) is 0 Å². The Morgan fingerprint density at radius 3 is 2.06 bits per heavy atom. The third-order valence-corrected chi connectivity index (χ3v) is 15.0. The Kier molecular flexibility index (Phi) is 18.7. The fourth-order valence-corrected chi connectivity index (χ4v) is 10.9. The van der Waals surface area contributed by atoms with E-state index in [4.69, 9.17) is 15.2 Å². The monoisotopic (exact) mass is 1070 g/mol. The first kappa shape index (κ1) is 55.0. The number of nitrogens with one attached hydrogen (secondary N) is 7. The summed E-state index contributed by atoms with van der Waals surface area (Å²) in [5, 5.41) is 18.7. The van der Waals surface area contributed by atoms with Gasteiger partial charge in [-0.3, -0.25) is 33.7 Å². The molecule has 4 saturated heterocycles. The second kappa shape index (κ2) is 26.5. The molecule has 0 saturated carbocycles. The molecule has 5 heterocycles. The molecular formula is C58H71N11O9. The average molecular weight is 1070 g/mol. The first-order chi connectivity index (χ1) is 38.0. The van der Waals surface area contributed by atoms with Crippen molar-refractivity contribution < 1.29 is 43.0 Å². The molecule has 4 aliphatic rings. The molecule has 0 spiro atoms. The Hall–Kier alpha value is -7.81. The highest BCUT2D eigenvalue weighted by molar-refractivity contribution is 5.99. The van der Waals surface area contributed by atoms with E-state index in [0.717, 1.165) is 27.6 Å². The predicted octanol–water partition coefficient (Wildman–Crippen LogP) is 2.06. The van der Waals surface area contributed by atoms with Gasteiger partial charge in [0.05, 0.1) is 6.54 Å². The Balaban J connectivity index is 1.09.